The Morgan fingerprint density at radius 3 is 2.39 bits per heavy atom. The van der Waals surface area contributed by atoms with Crippen molar-refractivity contribution in [3.05, 3.63) is 84.2 Å². The monoisotopic (exact) mass is 416 g/mol. The highest BCUT2D eigenvalue weighted by molar-refractivity contribution is 7.98. The summed E-state index contributed by atoms with van der Waals surface area (Å²) in [6.45, 7) is 0. The average Bonchev–Trinajstić information content (AvgIpc) is 2.68. The van der Waals surface area contributed by atoms with Crippen LogP contribution in [0.4, 0.5) is 15.8 Å². The molecule has 0 atom stereocenters. The van der Waals surface area contributed by atoms with Crippen LogP contribution in [-0.2, 0) is 10.0 Å². The molecule has 28 heavy (non-hydrogen) atoms. The second-order valence-corrected chi connectivity index (χ2v) is 8.35. The lowest BCUT2D eigenvalue weighted by Crippen LogP contribution is -2.18. The highest BCUT2D eigenvalue weighted by atomic mass is 32.2. The van der Waals surface area contributed by atoms with Crippen molar-refractivity contribution < 1.29 is 17.6 Å². The number of anilines is 2. The van der Waals surface area contributed by atoms with E-state index in [0.29, 0.717) is 5.69 Å². The maximum atomic E-state index is 13.1. The van der Waals surface area contributed by atoms with E-state index in [9.17, 15) is 17.6 Å². The number of halogens is 1. The fourth-order valence-electron chi connectivity index (χ4n) is 2.49. The molecule has 0 saturated carbocycles. The van der Waals surface area contributed by atoms with Crippen molar-refractivity contribution in [3.63, 3.8) is 0 Å². The van der Waals surface area contributed by atoms with Gasteiger partial charge in [0, 0.05) is 10.6 Å². The van der Waals surface area contributed by atoms with Crippen molar-refractivity contribution in [3.8, 4) is 0 Å². The lowest BCUT2D eigenvalue weighted by atomic mass is 10.1. The fraction of sp³-hybridized carbons (Fsp3) is 0.0500. The Bertz CT molecular complexity index is 1100. The van der Waals surface area contributed by atoms with E-state index in [1.165, 1.54) is 12.1 Å². The van der Waals surface area contributed by atoms with Crippen LogP contribution in [0.3, 0.4) is 0 Å². The van der Waals surface area contributed by atoms with E-state index in [0.717, 1.165) is 29.2 Å². The Kier molecular flexibility index (Phi) is 6.01. The lowest BCUT2D eigenvalue weighted by Gasteiger charge is -2.13. The first-order chi connectivity index (χ1) is 13.4. The molecule has 8 heteroatoms. The van der Waals surface area contributed by atoms with Crippen LogP contribution in [-0.4, -0.2) is 20.6 Å². The number of carbonyl (C=O) groups is 1. The van der Waals surface area contributed by atoms with E-state index in [4.69, 9.17) is 0 Å². The van der Waals surface area contributed by atoms with Gasteiger partial charge in [-0.15, -0.1) is 11.8 Å². The van der Waals surface area contributed by atoms with Crippen molar-refractivity contribution in [2.45, 2.75) is 9.79 Å². The summed E-state index contributed by atoms with van der Waals surface area (Å²) in [6, 6.07) is 18.0. The molecule has 5 nitrogen and oxygen atoms in total. The summed E-state index contributed by atoms with van der Waals surface area (Å²) in [5.74, 6) is -0.984. The molecule has 0 aliphatic heterocycles. The van der Waals surface area contributed by atoms with E-state index in [1.807, 2.05) is 24.5 Å². The second kappa shape index (κ2) is 8.45. The molecule has 3 aromatic carbocycles. The van der Waals surface area contributed by atoms with Gasteiger partial charge in [0.05, 0.1) is 16.1 Å². The lowest BCUT2D eigenvalue weighted by molar-refractivity contribution is 0.102. The number of amides is 1. The summed E-state index contributed by atoms with van der Waals surface area (Å²) >= 11 is 1.55. The van der Waals surface area contributed by atoms with Crippen LogP contribution in [0.15, 0.2) is 82.6 Å². The number of para-hydroxylation sites is 1. The Balaban J connectivity index is 1.86. The second-order valence-electron chi connectivity index (χ2n) is 5.79. The van der Waals surface area contributed by atoms with Gasteiger partial charge in [0.15, 0.2) is 0 Å². The van der Waals surface area contributed by atoms with Crippen LogP contribution in [0.25, 0.3) is 0 Å². The van der Waals surface area contributed by atoms with E-state index >= 15 is 0 Å². The number of hydrogen-bond acceptors (Lipinski definition) is 4. The third kappa shape index (κ3) is 4.71. The first-order valence-corrected chi connectivity index (χ1v) is 10.9. The molecule has 0 aromatic heterocycles. The van der Waals surface area contributed by atoms with Crippen molar-refractivity contribution >= 4 is 39.1 Å². The third-order valence-electron chi connectivity index (χ3n) is 3.87. The summed E-state index contributed by atoms with van der Waals surface area (Å²) in [7, 11) is -3.97. The molecule has 0 aliphatic carbocycles. The highest BCUT2D eigenvalue weighted by Gasteiger charge is 2.19. The van der Waals surface area contributed by atoms with Crippen LogP contribution < -0.4 is 10.0 Å². The zero-order valence-electron chi connectivity index (χ0n) is 14.8. The summed E-state index contributed by atoms with van der Waals surface area (Å²) in [6.07, 6.45) is 1.93. The van der Waals surface area contributed by atoms with Crippen LogP contribution in [0.2, 0.25) is 0 Å². The highest BCUT2D eigenvalue weighted by Crippen LogP contribution is 2.23. The van der Waals surface area contributed by atoms with E-state index in [-0.39, 0.29) is 16.1 Å². The molecule has 0 saturated heterocycles. The molecule has 3 aromatic rings. The zero-order valence-corrected chi connectivity index (χ0v) is 16.5. The Morgan fingerprint density at radius 2 is 1.68 bits per heavy atom. The van der Waals surface area contributed by atoms with E-state index < -0.39 is 21.7 Å². The first-order valence-electron chi connectivity index (χ1n) is 8.22. The number of sulfonamides is 1. The molecule has 0 spiro atoms. The number of hydrogen-bond donors (Lipinski definition) is 2. The largest absolute Gasteiger partial charge is 0.322 e. The average molecular weight is 416 g/mol. The maximum absolute atomic E-state index is 13.1. The summed E-state index contributed by atoms with van der Waals surface area (Å²) in [5.41, 5.74) is 0.904. The minimum atomic E-state index is -3.97. The normalized spacial score (nSPS) is 11.1. The van der Waals surface area contributed by atoms with Gasteiger partial charge in [0.2, 0.25) is 0 Å². The standard InChI is InChI=1S/C20H17FN2O3S2/c1-27-16-6-4-5-15(13-16)22-20(24)18-7-2-3-8-19(18)23-28(25,26)17-11-9-14(21)10-12-17/h2-13,23H,1H3,(H,22,24). The van der Waals surface area contributed by atoms with Crippen molar-refractivity contribution in [1.82, 2.24) is 0 Å². The van der Waals surface area contributed by atoms with Gasteiger partial charge in [-0.25, -0.2) is 12.8 Å². The molecule has 0 bridgehead atoms. The Labute approximate surface area is 167 Å². The molecule has 0 radical (unpaired) electrons. The zero-order chi connectivity index (χ0) is 20.1. The summed E-state index contributed by atoms with van der Waals surface area (Å²) < 4.78 is 40.6. The van der Waals surface area contributed by atoms with Crippen LogP contribution in [0.1, 0.15) is 10.4 Å². The number of benzene rings is 3. The van der Waals surface area contributed by atoms with Gasteiger partial charge in [-0.1, -0.05) is 18.2 Å². The van der Waals surface area contributed by atoms with Crippen LogP contribution in [0.5, 0.6) is 0 Å². The number of thioether (sulfide) groups is 1. The predicted octanol–water partition coefficient (Wildman–Crippen LogP) is 4.60. The SMILES string of the molecule is CSc1cccc(NC(=O)c2ccccc2NS(=O)(=O)c2ccc(F)cc2)c1. The van der Waals surface area contributed by atoms with Gasteiger partial charge >= 0.3 is 0 Å². The molecule has 3 rings (SSSR count). The molecular weight excluding hydrogens is 399 g/mol. The molecular formula is C20H17FN2O3S2. The minimum absolute atomic E-state index is 0.100. The predicted molar refractivity (Wildman–Crippen MR) is 110 cm³/mol. The summed E-state index contributed by atoms with van der Waals surface area (Å²) in [4.78, 5) is 13.6. The van der Waals surface area contributed by atoms with Crippen LogP contribution in [0, 0.1) is 5.82 Å². The van der Waals surface area contributed by atoms with E-state index in [1.54, 1.807) is 30.0 Å². The summed E-state index contributed by atoms with van der Waals surface area (Å²) in [5, 5.41) is 2.77. The van der Waals surface area contributed by atoms with E-state index in [2.05, 4.69) is 10.0 Å². The quantitative estimate of drug-likeness (QED) is 0.576. The number of rotatable bonds is 6. The Morgan fingerprint density at radius 1 is 0.964 bits per heavy atom. The van der Waals surface area contributed by atoms with Gasteiger partial charge in [-0.3, -0.25) is 9.52 Å². The molecule has 0 heterocycles. The van der Waals surface area contributed by atoms with Gasteiger partial charge < -0.3 is 5.32 Å². The van der Waals surface area contributed by atoms with Crippen LogP contribution >= 0.6 is 11.8 Å². The topological polar surface area (TPSA) is 75.3 Å². The molecule has 0 aliphatic rings. The number of carbonyl (C=O) groups excluding carboxylic acids is 1. The number of nitrogens with one attached hydrogen (secondary N) is 2. The smallest absolute Gasteiger partial charge is 0.261 e. The molecule has 1 amide bonds. The van der Waals surface area contributed by atoms with Crippen molar-refractivity contribution in [2.24, 2.45) is 0 Å². The van der Waals surface area contributed by atoms with Gasteiger partial charge in [-0.05, 0) is 60.9 Å². The van der Waals surface area contributed by atoms with Gasteiger partial charge in [-0.2, -0.15) is 0 Å². The van der Waals surface area contributed by atoms with Crippen molar-refractivity contribution in [1.29, 1.82) is 0 Å². The molecule has 144 valence electrons. The first kappa shape index (κ1) is 19.9. The van der Waals surface area contributed by atoms with Gasteiger partial charge in [0.25, 0.3) is 15.9 Å². The molecule has 2 N–H and O–H groups in total. The maximum Gasteiger partial charge on any atom is 0.261 e. The minimum Gasteiger partial charge on any atom is -0.322 e. The Hall–Kier alpha value is -2.84. The van der Waals surface area contributed by atoms with Crippen molar-refractivity contribution in [2.75, 3.05) is 16.3 Å². The van der Waals surface area contributed by atoms with Gasteiger partial charge in [0.1, 0.15) is 5.82 Å². The fourth-order valence-corrected chi connectivity index (χ4v) is 4.03. The molecule has 0 unspecified atom stereocenters. The third-order valence-corrected chi connectivity index (χ3v) is 5.97. The molecule has 0 fully saturated rings.